The standard InChI is InChI=1S/C10H19N3/c1-3-8(2)13-9(11)12-7-10(13)5-4-6-10/h8H,3-7H2,1-2H3,(H2,11,12). The van der Waals surface area contributed by atoms with Crippen LogP contribution in [0.2, 0.25) is 0 Å². The summed E-state index contributed by atoms with van der Waals surface area (Å²) in [6, 6.07) is 0.548. The van der Waals surface area contributed by atoms with E-state index in [4.69, 9.17) is 5.73 Å². The van der Waals surface area contributed by atoms with Crippen molar-refractivity contribution in [2.45, 2.75) is 51.1 Å². The Kier molecular flexibility index (Phi) is 1.97. The summed E-state index contributed by atoms with van der Waals surface area (Å²) in [7, 11) is 0. The highest BCUT2D eigenvalue weighted by Gasteiger charge is 2.48. The summed E-state index contributed by atoms with van der Waals surface area (Å²) in [5.41, 5.74) is 6.25. The molecule has 1 spiro atoms. The maximum absolute atomic E-state index is 5.92. The first-order valence-electron chi connectivity index (χ1n) is 5.29. The molecule has 0 aromatic rings. The number of nitrogens with zero attached hydrogens (tertiary/aromatic N) is 2. The van der Waals surface area contributed by atoms with E-state index in [0.717, 1.165) is 18.9 Å². The van der Waals surface area contributed by atoms with E-state index >= 15 is 0 Å². The van der Waals surface area contributed by atoms with E-state index in [1.807, 2.05) is 0 Å². The molecular formula is C10H19N3. The second kappa shape index (κ2) is 2.89. The summed E-state index contributed by atoms with van der Waals surface area (Å²) in [5, 5.41) is 0. The van der Waals surface area contributed by atoms with Gasteiger partial charge in [0.25, 0.3) is 0 Å². The lowest BCUT2D eigenvalue weighted by Gasteiger charge is -2.48. The van der Waals surface area contributed by atoms with Crippen LogP contribution in [0.15, 0.2) is 4.99 Å². The van der Waals surface area contributed by atoms with Crippen LogP contribution in [0.1, 0.15) is 39.5 Å². The van der Waals surface area contributed by atoms with Crippen LogP contribution in [0.3, 0.4) is 0 Å². The van der Waals surface area contributed by atoms with E-state index in [1.165, 1.54) is 19.3 Å². The first-order chi connectivity index (χ1) is 6.19. The van der Waals surface area contributed by atoms with Gasteiger partial charge in [0.15, 0.2) is 5.96 Å². The van der Waals surface area contributed by atoms with Gasteiger partial charge in [-0.1, -0.05) is 6.92 Å². The van der Waals surface area contributed by atoms with Gasteiger partial charge in [-0.05, 0) is 32.6 Å². The van der Waals surface area contributed by atoms with Crippen LogP contribution in [0.25, 0.3) is 0 Å². The molecule has 2 N–H and O–H groups in total. The summed E-state index contributed by atoms with van der Waals surface area (Å²) in [6.07, 6.45) is 5.05. The number of hydrogen-bond donors (Lipinski definition) is 1. The third-order valence-corrected chi connectivity index (χ3v) is 3.61. The number of aliphatic imine (C=N–C) groups is 1. The maximum atomic E-state index is 5.92. The second-order valence-electron chi connectivity index (χ2n) is 4.38. The van der Waals surface area contributed by atoms with Gasteiger partial charge in [0.2, 0.25) is 0 Å². The van der Waals surface area contributed by atoms with Crippen molar-refractivity contribution in [3.63, 3.8) is 0 Å². The molecule has 3 heteroatoms. The van der Waals surface area contributed by atoms with E-state index in [9.17, 15) is 0 Å². The molecule has 0 bridgehead atoms. The van der Waals surface area contributed by atoms with Gasteiger partial charge in [0.1, 0.15) is 0 Å². The van der Waals surface area contributed by atoms with Crippen molar-refractivity contribution in [1.29, 1.82) is 0 Å². The Morgan fingerprint density at radius 1 is 1.62 bits per heavy atom. The minimum Gasteiger partial charge on any atom is -0.370 e. The molecule has 1 aliphatic carbocycles. The lowest BCUT2D eigenvalue weighted by Crippen LogP contribution is -2.58. The Bertz CT molecular complexity index is 230. The van der Waals surface area contributed by atoms with Crippen molar-refractivity contribution >= 4 is 5.96 Å². The molecule has 1 fully saturated rings. The van der Waals surface area contributed by atoms with Gasteiger partial charge in [-0.25, -0.2) is 0 Å². The molecule has 1 unspecified atom stereocenters. The third kappa shape index (κ3) is 1.13. The van der Waals surface area contributed by atoms with E-state index in [1.54, 1.807) is 0 Å². The molecule has 1 heterocycles. The molecule has 1 aliphatic heterocycles. The molecule has 0 amide bonds. The largest absolute Gasteiger partial charge is 0.370 e. The first-order valence-corrected chi connectivity index (χ1v) is 5.29. The zero-order valence-corrected chi connectivity index (χ0v) is 8.58. The van der Waals surface area contributed by atoms with Gasteiger partial charge < -0.3 is 10.6 Å². The maximum Gasteiger partial charge on any atom is 0.192 e. The molecule has 2 aliphatic rings. The van der Waals surface area contributed by atoms with E-state index < -0.39 is 0 Å². The average molecular weight is 181 g/mol. The predicted octanol–water partition coefficient (Wildman–Crippen LogP) is 1.34. The van der Waals surface area contributed by atoms with Crippen molar-refractivity contribution < 1.29 is 0 Å². The fourth-order valence-corrected chi connectivity index (χ4v) is 2.48. The van der Waals surface area contributed by atoms with E-state index in [2.05, 4.69) is 23.7 Å². The van der Waals surface area contributed by atoms with Crippen LogP contribution in [0.4, 0.5) is 0 Å². The molecule has 1 saturated carbocycles. The minimum atomic E-state index is 0.333. The molecule has 2 rings (SSSR count). The fourth-order valence-electron chi connectivity index (χ4n) is 2.48. The topological polar surface area (TPSA) is 41.6 Å². The first kappa shape index (κ1) is 8.85. The zero-order valence-electron chi connectivity index (χ0n) is 8.58. The van der Waals surface area contributed by atoms with Gasteiger partial charge in [0.05, 0.1) is 12.1 Å². The van der Waals surface area contributed by atoms with Crippen LogP contribution in [0.5, 0.6) is 0 Å². The highest BCUT2D eigenvalue weighted by molar-refractivity contribution is 5.81. The number of hydrogen-bond acceptors (Lipinski definition) is 3. The van der Waals surface area contributed by atoms with Crippen molar-refractivity contribution in [2.75, 3.05) is 6.54 Å². The van der Waals surface area contributed by atoms with Crippen LogP contribution < -0.4 is 5.73 Å². The molecule has 3 nitrogen and oxygen atoms in total. The Hall–Kier alpha value is -0.730. The SMILES string of the molecule is CCC(C)N1C(N)=NCC12CCC2. The summed E-state index contributed by atoms with van der Waals surface area (Å²) in [5.74, 6) is 0.772. The fraction of sp³-hybridized carbons (Fsp3) is 0.900. The number of nitrogens with two attached hydrogens (primary N) is 1. The summed E-state index contributed by atoms with van der Waals surface area (Å²) in [4.78, 5) is 6.74. The average Bonchev–Trinajstić information content (AvgIpc) is 2.41. The molecule has 0 radical (unpaired) electrons. The van der Waals surface area contributed by atoms with Crippen LogP contribution in [-0.2, 0) is 0 Å². The van der Waals surface area contributed by atoms with Crippen LogP contribution in [-0.4, -0.2) is 29.0 Å². The van der Waals surface area contributed by atoms with Crippen molar-refractivity contribution in [3.8, 4) is 0 Å². The Morgan fingerprint density at radius 2 is 2.31 bits per heavy atom. The molecular weight excluding hydrogens is 162 g/mol. The molecule has 74 valence electrons. The Labute approximate surface area is 80.0 Å². The van der Waals surface area contributed by atoms with Crippen LogP contribution >= 0.6 is 0 Å². The molecule has 0 saturated heterocycles. The molecule has 1 atom stereocenters. The summed E-state index contributed by atoms with van der Waals surface area (Å²) >= 11 is 0. The van der Waals surface area contributed by atoms with E-state index in [0.29, 0.717) is 11.6 Å². The van der Waals surface area contributed by atoms with Crippen molar-refractivity contribution in [2.24, 2.45) is 10.7 Å². The number of rotatable bonds is 2. The smallest absolute Gasteiger partial charge is 0.192 e. The van der Waals surface area contributed by atoms with Gasteiger partial charge >= 0.3 is 0 Å². The zero-order chi connectivity index (χ0) is 9.47. The Balaban J connectivity index is 2.16. The van der Waals surface area contributed by atoms with Crippen molar-refractivity contribution in [1.82, 2.24) is 4.90 Å². The van der Waals surface area contributed by atoms with E-state index in [-0.39, 0.29) is 0 Å². The third-order valence-electron chi connectivity index (χ3n) is 3.61. The highest BCUT2D eigenvalue weighted by atomic mass is 15.4. The molecule has 0 aromatic carbocycles. The van der Waals surface area contributed by atoms with Gasteiger partial charge in [-0.2, -0.15) is 0 Å². The normalized spacial score (nSPS) is 27.2. The summed E-state index contributed by atoms with van der Waals surface area (Å²) in [6.45, 7) is 5.39. The molecule has 0 aromatic heterocycles. The number of guanidine groups is 1. The monoisotopic (exact) mass is 181 g/mol. The Morgan fingerprint density at radius 3 is 2.77 bits per heavy atom. The summed E-state index contributed by atoms with van der Waals surface area (Å²) < 4.78 is 0. The lowest BCUT2D eigenvalue weighted by molar-refractivity contribution is 0.0711. The van der Waals surface area contributed by atoms with Gasteiger partial charge in [0, 0.05) is 6.04 Å². The molecule has 13 heavy (non-hydrogen) atoms. The van der Waals surface area contributed by atoms with Gasteiger partial charge in [-0.15, -0.1) is 0 Å². The van der Waals surface area contributed by atoms with Gasteiger partial charge in [-0.3, -0.25) is 4.99 Å². The van der Waals surface area contributed by atoms with Crippen molar-refractivity contribution in [3.05, 3.63) is 0 Å². The quantitative estimate of drug-likeness (QED) is 0.698. The lowest BCUT2D eigenvalue weighted by atomic mass is 9.75. The second-order valence-corrected chi connectivity index (χ2v) is 4.38. The minimum absolute atomic E-state index is 0.333. The van der Waals surface area contributed by atoms with Crippen LogP contribution in [0, 0.1) is 0 Å². The highest BCUT2D eigenvalue weighted by Crippen LogP contribution is 2.42. The predicted molar refractivity (Wildman–Crippen MR) is 54.7 cm³/mol.